The van der Waals surface area contributed by atoms with Gasteiger partial charge in [0.15, 0.2) is 0 Å². The van der Waals surface area contributed by atoms with Crippen molar-refractivity contribution in [3.63, 3.8) is 0 Å². The Labute approximate surface area is 278 Å². The Morgan fingerprint density at radius 3 is 2.42 bits per heavy atom. The minimum absolute atomic E-state index is 0.0502. The van der Waals surface area contributed by atoms with Crippen molar-refractivity contribution in [3.8, 4) is 28.8 Å². The minimum atomic E-state index is -4.47. The number of hydrogen-bond donors (Lipinski definition) is 1. The Balaban J connectivity index is 1.68. The van der Waals surface area contributed by atoms with Gasteiger partial charge in [0.2, 0.25) is 5.88 Å². The first-order valence-electron chi connectivity index (χ1n) is 15.3. The molecule has 13 heteroatoms. The van der Waals surface area contributed by atoms with E-state index in [1.807, 2.05) is 11.9 Å². The summed E-state index contributed by atoms with van der Waals surface area (Å²) in [6.07, 6.45) is 1.54. The van der Waals surface area contributed by atoms with Gasteiger partial charge in [0.1, 0.15) is 11.8 Å². The molecule has 12 nitrogen and oxygen atoms in total. The number of amides is 1. The van der Waals surface area contributed by atoms with Crippen LogP contribution in [0.4, 0.5) is 11.4 Å². The number of benzene rings is 3. The quantitative estimate of drug-likeness (QED) is 0.271. The largest absolute Gasteiger partial charge is 0.497 e. The maximum atomic E-state index is 14.8. The lowest BCUT2D eigenvalue weighted by Gasteiger charge is -2.37. The van der Waals surface area contributed by atoms with Crippen LogP contribution >= 0.6 is 0 Å². The van der Waals surface area contributed by atoms with Gasteiger partial charge in [-0.1, -0.05) is 18.2 Å². The highest BCUT2D eigenvalue weighted by Crippen LogP contribution is 2.51. The molecule has 3 heterocycles. The summed E-state index contributed by atoms with van der Waals surface area (Å²) in [7, 11) is -1.02. The van der Waals surface area contributed by atoms with Crippen LogP contribution in [0.2, 0.25) is 0 Å². The number of anilines is 2. The van der Waals surface area contributed by atoms with Gasteiger partial charge in [0.05, 0.1) is 47.0 Å². The van der Waals surface area contributed by atoms with Gasteiger partial charge in [-0.2, -0.15) is 5.26 Å². The molecule has 0 saturated carbocycles. The number of piperazine rings is 1. The topological polar surface area (TPSA) is 153 Å². The van der Waals surface area contributed by atoms with E-state index in [1.54, 1.807) is 37.3 Å². The number of nitriles is 1. The molecule has 246 valence electrons. The summed E-state index contributed by atoms with van der Waals surface area (Å²) in [5.41, 5.74) is 1.35. The number of aromatic nitrogens is 1. The monoisotopic (exact) mass is 667 g/mol. The first-order chi connectivity index (χ1) is 23.1. The molecule has 0 spiro atoms. The van der Waals surface area contributed by atoms with Crippen molar-refractivity contribution in [2.45, 2.75) is 17.7 Å². The normalized spacial score (nSPS) is 16.4. The van der Waals surface area contributed by atoms with Gasteiger partial charge < -0.3 is 24.4 Å². The SMILES string of the molecule is CCOc1ncccc1-c1c(C2C(=O)N(S(=O)(=O)c3ccc(OC)cc3)c3ccccc32)c(C(=O)O)cc(C#N)c1N1CCN(C)CC1. The van der Waals surface area contributed by atoms with E-state index in [1.165, 1.54) is 49.7 Å². The van der Waals surface area contributed by atoms with E-state index in [-0.39, 0.29) is 45.3 Å². The number of rotatable bonds is 9. The molecule has 1 unspecified atom stereocenters. The van der Waals surface area contributed by atoms with E-state index in [4.69, 9.17) is 9.47 Å². The number of methoxy groups -OCH3 is 1. The smallest absolute Gasteiger partial charge is 0.336 e. The van der Waals surface area contributed by atoms with Crippen molar-refractivity contribution in [3.05, 3.63) is 95.2 Å². The third kappa shape index (κ3) is 5.48. The van der Waals surface area contributed by atoms with Gasteiger partial charge in [-0.15, -0.1) is 0 Å². The lowest BCUT2D eigenvalue weighted by molar-refractivity contribution is -0.117. The van der Waals surface area contributed by atoms with Crippen LogP contribution < -0.4 is 18.7 Å². The molecule has 1 atom stereocenters. The average molecular weight is 668 g/mol. The second-order valence-electron chi connectivity index (χ2n) is 11.4. The van der Waals surface area contributed by atoms with E-state index in [0.717, 1.165) is 4.31 Å². The Bertz CT molecular complexity index is 2050. The summed E-state index contributed by atoms with van der Waals surface area (Å²) in [5, 5.41) is 21.1. The summed E-state index contributed by atoms with van der Waals surface area (Å²) >= 11 is 0. The maximum absolute atomic E-state index is 14.8. The van der Waals surface area contributed by atoms with Crippen LogP contribution in [-0.2, 0) is 14.8 Å². The number of carbonyl (C=O) groups excluding carboxylic acids is 1. The molecule has 6 rings (SSSR count). The zero-order valence-corrected chi connectivity index (χ0v) is 27.4. The van der Waals surface area contributed by atoms with Crippen molar-refractivity contribution >= 4 is 33.3 Å². The lowest BCUT2D eigenvalue weighted by atomic mass is 9.81. The van der Waals surface area contributed by atoms with Gasteiger partial charge in [-0.05, 0) is 73.6 Å². The number of carboxylic acids is 1. The number of aromatic carboxylic acids is 1. The summed E-state index contributed by atoms with van der Waals surface area (Å²) in [5.74, 6) is -2.98. The van der Waals surface area contributed by atoms with Crippen LogP contribution in [0, 0.1) is 11.3 Å². The zero-order chi connectivity index (χ0) is 34.2. The van der Waals surface area contributed by atoms with Crippen LogP contribution in [0.1, 0.15) is 39.9 Å². The number of pyridine rings is 1. The molecular formula is C35H33N5O7S. The molecule has 1 saturated heterocycles. The fourth-order valence-corrected chi connectivity index (χ4v) is 7.84. The number of para-hydroxylation sites is 1. The highest BCUT2D eigenvalue weighted by atomic mass is 32.2. The van der Waals surface area contributed by atoms with Crippen molar-refractivity contribution < 1.29 is 32.6 Å². The Morgan fingerprint density at radius 1 is 1.06 bits per heavy atom. The second kappa shape index (κ2) is 13.0. The third-order valence-electron chi connectivity index (χ3n) is 8.63. The van der Waals surface area contributed by atoms with Gasteiger partial charge >= 0.3 is 5.97 Å². The van der Waals surface area contributed by atoms with Crippen LogP contribution in [-0.4, -0.2) is 82.2 Å². The fraction of sp³-hybridized carbons (Fsp3) is 0.257. The number of nitrogens with zero attached hydrogens (tertiary/aromatic N) is 5. The van der Waals surface area contributed by atoms with E-state index >= 15 is 0 Å². The third-order valence-corrected chi connectivity index (χ3v) is 10.4. The van der Waals surface area contributed by atoms with Crippen molar-refractivity contribution in [1.82, 2.24) is 9.88 Å². The van der Waals surface area contributed by atoms with E-state index in [0.29, 0.717) is 48.7 Å². The van der Waals surface area contributed by atoms with Crippen LogP contribution in [0.15, 0.2) is 77.8 Å². The summed E-state index contributed by atoms with van der Waals surface area (Å²) < 4.78 is 40.3. The molecule has 2 aliphatic heterocycles. The average Bonchev–Trinajstić information content (AvgIpc) is 3.40. The standard InChI is InChI=1S/C35H33N5O7S/c1-4-47-33-26(9-7-15-37-33)30-29(27(35(42)43)20-22(21-36)32(30)39-18-16-38(2)17-19-39)31-25-8-5-6-10-28(25)40(34(31)41)48(44,45)24-13-11-23(46-3)12-14-24/h5-15,20,31H,4,16-19H2,1-3H3,(H,42,43). The number of fused-ring (bicyclic) bond motifs is 1. The molecule has 1 N–H and O–H groups in total. The number of likely N-dealkylation sites (N-methyl/N-ethyl adjacent to an activating group) is 1. The first-order valence-corrected chi connectivity index (χ1v) is 16.7. The lowest BCUT2D eigenvalue weighted by Crippen LogP contribution is -2.45. The van der Waals surface area contributed by atoms with Crippen LogP contribution in [0.3, 0.4) is 0 Å². The Kier molecular flexibility index (Phi) is 8.79. The molecule has 0 radical (unpaired) electrons. The number of carboxylic acid groups (broad SMARTS) is 1. The van der Waals surface area contributed by atoms with Gasteiger partial charge in [-0.3, -0.25) is 4.79 Å². The molecule has 0 bridgehead atoms. The van der Waals surface area contributed by atoms with Crippen molar-refractivity contribution in [2.24, 2.45) is 0 Å². The van der Waals surface area contributed by atoms with Gasteiger partial charge in [0, 0.05) is 43.5 Å². The molecule has 4 aromatic rings. The molecule has 2 aliphatic rings. The predicted octanol–water partition coefficient (Wildman–Crippen LogP) is 4.34. The number of carbonyl (C=O) groups is 2. The summed E-state index contributed by atoms with van der Waals surface area (Å²) in [6.45, 7) is 4.40. The van der Waals surface area contributed by atoms with Crippen molar-refractivity contribution in [2.75, 3.05) is 56.1 Å². The van der Waals surface area contributed by atoms with Gasteiger partial charge in [0.25, 0.3) is 15.9 Å². The molecule has 0 aliphatic carbocycles. The second-order valence-corrected chi connectivity index (χ2v) is 13.2. The number of sulfonamides is 1. The number of ether oxygens (including phenoxy) is 2. The Hall–Kier alpha value is -5.45. The Morgan fingerprint density at radius 2 is 1.77 bits per heavy atom. The predicted molar refractivity (Wildman–Crippen MR) is 178 cm³/mol. The minimum Gasteiger partial charge on any atom is -0.497 e. The van der Waals surface area contributed by atoms with Crippen LogP contribution in [0.25, 0.3) is 11.1 Å². The molecule has 3 aromatic carbocycles. The van der Waals surface area contributed by atoms with Crippen molar-refractivity contribution in [1.29, 1.82) is 5.26 Å². The molecule has 1 aromatic heterocycles. The fourth-order valence-electron chi connectivity index (χ4n) is 6.38. The molecule has 1 fully saturated rings. The zero-order valence-electron chi connectivity index (χ0n) is 26.6. The van der Waals surface area contributed by atoms with Gasteiger partial charge in [-0.25, -0.2) is 22.5 Å². The van der Waals surface area contributed by atoms with E-state index < -0.39 is 27.8 Å². The summed E-state index contributed by atoms with van der Waals surface area (Å²) in [4.78, 5) is 36.3. The summed E-state index contributed by atoms with van der Waals surface area (Å²) in [6, 6.07) is 18.9. The maximum Gasteiger partial charge on any atom is 0.336 e. The first kappa shape index (κ1) is 32.5. The molecule has 1 amide bonds. The van der Waals surface area contributed by atoms with Crippen LogP contribution in [0.5, 0.6) is 11.6 Å². The molecular weight excluding hydrogens is 634 g/mol. The number of hydrogen-bond acceptors (Lipinski definition) is 10. The molecule has 48 heavy (non-hydrogen) atoms. The van der Waals surface area contributed by atoms with E-state index in [9.17, 15) is 28.4 Å². The van der Waals surface area contributed by atoms with E-state index in [2.05, 4.69) is 16.0 Å². The highest BCUT2D eigenvalue weighted by molar-refractivity contribution is 7.93. The highest BCUT2D eigenvalue weighted by Gasteiger charge is 2.48.